The highest BCUT2D eigenvalue weighted by Crippen LogP contribution is 2.31. The van der Waals surface area contributed by atoms with Gasteiger partial charge in [-0.05, 0) is 12.1 Å². The van der Waals surface area contributed by atoms with Gasteiger partial charge in [-0.15, -0.1) is 0 Å². The average Bonchev–Trinajstić information content (AvgIpc) is 2.99. The summed E-state index contributed by atoms with van der Waals surface area (Å²) >= 11 is 0. The Hall–Kier alpha value is -2.91. The number of nitrogens with zero attached hydrogens (tertiary/aromatic N) is 3. The van der Waals surface area contributed by atoms with Crippen LogP contribution in [-0.4, -0.2) is 37.0 Å². The van der Waals surface area contributed by atoms with E-state index < -0.39 is 11.9 Å². The number of aliphatic imine (C=N–C) groups is 1. The first-order chi connectivity index (χ1) is 12.3. The van der Waals surface area contributed by atoms with E-state index in [0.29, 0.717) is 23.1 Å². The third-order valence-corrected chi connectivity index (χ3v) is 3.49. The lowest BCUT2D eigenvalue weighted by Crippen LogP contribution is -2.30. The van der Waals surface area contributed by atoms with Gasteiger partial charge in [0.15, 0.2) is 23.2 Å². The van der Waals surface area contributed by atoms with Crippen LogP contribution in [-0.2, 0) is 19.8 Å². The molecule has 2 N–H and O–H groups in total. The maximum atomic E-state index is 13.0. The largest absolute Gasteiger partial charge is 0.493 e. The normalized spacial score (nSPS) is 12.0. The number of hydrogen-bond acceptors (Lipinski definition) is 4. The van der Waals surface area contributed by atoms with Gasteiger partial charge in [-0.2, -0.15) is 18.3 Å². The van der Waals surface area contributed by atoms with E-state index in [4.69, 9.17) is 9.47 Å². The van der Waals surface area contributed by atoms with E-state index in [1.807, 2.05) is 0 Å². The van der Waals surface area contributed by atoms with Crippen LogP contribution in [0, 0.1) is 0 Å². The molecule has 0 aliphatic carbocycles. The minimum Gasteiger partial charge on any atom is -0.493 e. The summed E-state index contributed by atoms with van der Waals surface area (Å²) in [6.07, 6.45) is -3.20. The van der Waals surface area contributed by atoms with Crippen molar-refractivity contribution in [1.82, 2.24) is 15.1 Å². The molecule has 0 aliphatic heterocycles. The van der Waals surface area contributed by atoms with Crippen molar-refractivity contribution in [2.24, 2.45) is 12.0 Å². The smallest absolute Gasteiger partial charge is 0.435 e. The monoisotopic (exact) mass is 371 g/mol. The highest BCUT2D eigenvalue weighted by Gasteiger charge is 2.36. The lowest BCUT2D eigenvalue weighted by atomic mass is 10.2. The molecule has 2 rings (SSSR count). The van der Waals surface area contributed by atoms with Crippen molar-refractivity contribution in [3.63, 3.8) is 0 Å². The van der Waals surface area contributed by atoms with E-state index in [2.05, 4.69) is 20.7 Å². The first-order valence-corrected chi connectivity index (χ1v) is 7.58. The van der Waals surface area contributed by atoms with Crippen LogP contribution >= 0.6 is 0 Å². The molecular formula is C16H20F3N5O2. The van der Waals surface area contributed by atoms with Gasteiger partial charge in [-0.3, -0.25) is 9.67 Å². The van der Waals surface area contributed by atoms with Crippen LogP contribution in [0.2, 0.25) is 0 Å². The van der Waals surface area contributed by atoms with Crippen LogP contribution in [0.1, 0.15) is 11.3 Å². The predicted octanol–water partition coefficient (Wildman–Crippen LogP) is 2.64. The summed E-state index contributed by atoms with van der Waals surface area (Å²) in [6, 6.07) is 5.13. The molecule has 0 radical (unpaired) electrons. The Morgan fingerprint density at radius 3 is 2.50 bits per heavy atom. The highest BCUT2D eigenvalue weighted by molar-refractivity contribution is 5.93. The molecule has 10 heteroatoms. The van der Waals surface area contributed by atoms with E-state index in [1.165, 1.54) is 34.5 Å². The molecule has 1 heterocycles. The Labute approximate surface area is 148 Å². The molecule has 0 fully saturated rings. The van der Waals surface area contributed by atoms with Crippen molar-refractivity contribution in [3.8, 4) is 11.5 Å². The lowest BCUT2D eigenvalue weighted by Gasteiger charge is -2.14. The summed E-state index contributed by atoms with van der Waals surface area (Å²) in [5, 5.41) is 9.30. The average molecular weight is 371 g/mol. The van der Waals surface area contributed by atoms with Crippen molar-refractivity contribution in [2.45, 2.75) is 12.7 Å². The molecule has 0 amide bonds. The van der Waals surface area contributed by atoms with E-state index in [-0.39, 0.29) is 12.1 Å². The van der Waals surface area contributed by atoms with Gasteiger partial charge in [0.2, 0.25) is 0 Å². The molecular weight excluding hydrogens is 351 g/mol. The molecule has 0 bridgehead atoms. The lowest BCUT2D eigenvalue weighted by molar-refractivity contribution is -0.142. The van der Waals surface area contributed by atoms with Crippen LogP contribution in [0.15, 0.2) is 29.4 Å². The number of halogens is 3. The Balaban J connectivity index is 2.10. The Morgan fingerprint density at radius 1 is 1.23 bits per heavy atom. The summed E-state index contributed by atoms with van der Waals surface area (Å²) in [6.45, 7) is -0.0877. The number of aromatic nitrogens is 2. The molecule has 0 saturated carbocycles. The number of hydrogen-bond donors (Lipinski definition) is 2. The number of ether oxygens (including phenoxy) is 2. The van der Waals surface area contributed by atoms with Crippen LogP contribution in [0.5, 0.6) is 11.5 Å². The van der Waals surface area contributed by atoms with Gasteiger partial charge >= 0.3 is 6.18 Å². The summed E-state index contributed by atoms with van der Waals surface area (Å²) < 4.78 is 50.5. The van der Waals surface area contributed by atoms with Gasteiger partial charge < -0.3 is 20.1 Å². The number of rotatable bonds is 5. The molecule has 0 aliphatic rings. The van der Waals surface area contributed by atoms with Gasteiger partial charge in [0, 0.05) is 44.2 Å². The summed E-state index contributed by atoms with van der Waals surface area (Å²) in [5.41, 5.74) is -0.262. The zero-order valence-corrected chi connectivity index (χ0v) is 14.8. The van der Waals surface area contributed by atoms with Gasteiger partial charge in [-0.25, -0.2) is 0 Å². The summed E-state index contributed by atoms with van der Waals surface area (Å²) in [7, 11) is 5.99. The number of guanidine groups is 1. The molecule has 1 aromatic heterocycles. The van der Waals surface area contributed by atoms with Crippen LogP contribution < -0.4 is 20.1 Å². The maximum absolute atomic E-state index is 13.0. The summed E-state index contributed by atoms with van der Waals surface area (Å²) in [4.78, 5) is 4.01. The van der Waals surface area contributed by atoms with Gasteiger partial charge in [0.05, 0.1) is 14.2 Å². The standard InChI is InChI=1S/C16H20F3N5O2/c1-20-15(22-11-5-6-12(25-3)13(7-11)26-4)21-8-10-9-24(2)23-14(10)16(17,18)19/h5-7,9H,8H2,1-4H3,(H2,20,21,22). The molecule has 0 unspecified atom stereocenters. The third-order valence-electron chi connectivity index (χ3n) is 3.49. The Bertz CT molecular complexity index is 787. The van der Waals surface area contributed by atoms with Crippen molar-refractivity contribution < 1.29 is 22.6 Å². The van der Waals surface area contributed by atoms with Crippen molar-refractivity contribution >= 4 is 11.6 Å². The zero-order chi connectivity index (χ0) is 19.3. The Morgan fingerprint density at radius 2 is 1.92 bits per heavy atom. The second-order valence-corrected chi connectivity index (χ2v) is 5.29. The molecule has 0 saturated heterocycles. The summed E-state index contributed by atoms with van der Waals surface area (Å²) in [5.74, 6) is 1.37. The number of nitrogens with one attached hydrogen (secondary N) is 2. The van der Waals surface area contributed by atoms with Gasteiger partial charge in [0.1, 0.15) is 0 Å². The molecule has 0 atom stereocenters. The third kappa shape index (κ3) is 4.58. The van der Waals surface area contributed by atoms with E-state index >= 15 is 0 Å². The van der Waals surface area contributed by atoms with Crippen molar-refractivity contribution in [1.29, 1.82) is 0 Å². The van der Waals surface area contributed by atoms with Crippen molar-refractivity contribution in [3.05, 3.63) is 35.7 Å². The first-order valence-electron chi connectivity index (χ1n) is 7.58. The minimum absolute atomic E-state index is 0.0234. The van der Waals surface area contributed by atoms with E-state index in [1.54, 1.807) is 18.2 Å². The van der Waals surface area contributed by atoms with Crippen LogP contribution in [0.4, 0.5) is 18.9 Å². The highest BCUT2D eigenvalue weighted by atomic mass is 19.4. The SMILES string of the molecule is CN=C(NCc1cn(C)nc1C(F)(F)F)Nc1ccc(OC)c(OC)c1. The fourth-order valence-electron chi connectivity index (χ4n) is 2.31. The second kappa shape index (κ2) is 7.98. The van der Waals surface area contributed by atoms with Gasteiger partial charge in [0.25, 0.3) is 0 Å². The quantitative estimate of drug-likeness (QED) is 0.625. The first kappa shape index (κ1) is 19.4. The number of alkyl halides is 3. The molecule has 1 aromatic carbocycles. The van der Waals surface area contributed by atoms with E-state index in [9.17, 15) is 13.2 Å². The van der Waals surface area contributed by atoms with Gasteiger partial charge in [-0.1, -0.05) is 0 Å². The van der Waals surface area contributed by atoms with Crippen molar-refractivity contribution in [2.75, 3.05) is 26.6 Å². The number of aryl methyl sites for hydroxylation is 1. The number of benzene rings is 1. The fraction of sp³-hybridized carbons (Fsp3) is 0.375. The number of methoxy groups -OCH3 is 2. The second-order valence-electron chi connectivity index (χ2n) is 5.29. The molecule has 26 heavy (non-hydrogen) atoms. The molecule has 7 nitrogen and oxygen atoms in total. The zero-order valence-electron chi connectivity index (χ0n) is 14.8. The molecule has 142 valence electrons. The fourth-order valence-corrected chi connectivity index (χ4v) is 2.31. The predicted molar refractivity (Wildman–Crippen MR) is 91.6 cm³/mol. The Kier molecular flexibility index (Phi) is 5.96. The molecule has 0 spiro atoms. The maximum Gasteiger partial charge on any atom is 0.435 e. The number of anilines is 1. The minimum atomic E-state index is -4.52. The van der Waals surface area contributed by atoms with E-state index in [0.717, 1.165) is 4.68 Å². The van der Waals surface area contributed by atoms with Crippen LogP contribution in [0.3, 0.4) is 0 Å². The molecule has 2 aromatic rings. The topological polar surface area (TPSA) is 72.7 Å². The van der Waals surface area contributed by atoms with Crippen LogP contribution in [0.25, 0.3) is 0 Å².